The maximum atomic E-state index is 12.7. The molecule has 2 saturated carbocycles. The van der Waals surface area contributed by atoms with Gasteiger partial charge < -0.3 is 10.2 Å². The van der Waals surface area contributed by atoms with E-state index in [1.165, 1.54) is 64.6 Å². The van der Waals surface area contributed by atoms with E-state index in [1.807, 2.05) is 5.12 Å². The molecule has 1 amide bonds. The molecule has 0 radical (unpaired) electrons. The molecule has 9 nitrogen and oxygen atoms in total. The summed E-state index contributed by atoms with van der Waals surface area (Å²) in [5, 5.41) is 9.97. The summed E-state index contributed by atoms with van der Waals surface area (Å²) in [6.45, 7) is 5.73. The molecule has 4 rings (SSSR count). The average molecular weight is 485 g/mol. The Balaban J connectivity index is 1.09. The molecule has 2 heterocycles. The summed E-state index contributed by atoms with van der Waals surface area (Å²) in [6, 6.07) is -0.253. The fraction of sp³-hybridized carbons (Fsp3) is 0.957. The highest BCUT2D eigenvalue weighted by molar-refractivity contribution is 7.89. The van der Waals surface area contributed by atoms with E-state index in [-0.39, 0.29) is 11.9 Å². The lowest BCUT2D eigenvalue weighted by molar-refractivity contribution is -0.123. The predicted molar refractivity (Wildman–Crippen MR) is 129 cm³/mol. The lowest BCUT2D eigenvalue weighted by atomic mass is 9.88. The molecule has 0 aromatic carbocycles. The Morgan fingerprint density at radius 1 is 0.879 bits per heavy atom. The third-order valence-electron chi connectivity index (χ3n) is 8.33. The van der Waals surface area contributed by atoms with Crippen LogP contribution in [0.5, 0.6) is 0 Å². The average Bonchev–Trinajstić information content (AvgIpc) is 3.27. The number of hydrogen-bond acceptors (Lipinski definition) is 7. The molecule has 2 aliphatic carbocycles. The van der Waals surface area contributed by atoms with E-state index < -0.39 is 15.3 Å². The molecular formula is C23H44N6O3S. The minimum atomic E-state index is -3.42. The number of sulfonamides is 1. The van der Waals surface area contributed by atoms with E-state index >= 15 is 0 Å². The number of rotatable bonds is 8. The van der Waals surface area contributed by atoms with Gasteiger partial charge in [0.05, 0.1) is 5.25 Å². The van der Waals surface area contributed by atoms with Crippen LogP contribution in [0.2, 0.25) is 0 Å². The molecule has 4 aliphatic rings. The van der Waals surface area contributed by atoms with Crippen molar-refractivity contribution in [1.29, 1.82) is 0 Å². The SMILES string of the molecule is NS(=O)(=O)C1CCC(CN2NCC(C(=O)NCC3CCN(CC4CCCCC4)CC3)N2)CC1. The minimum absolute atomic E-state index is 0.0626. The van der Waals surface area contributed by atoms with Gasteiger partial charge in [-0.25, -0.2) is 24.4 Å². The maximum absolute atomic E-state index is 12.7. The van der Waals surface area contributed by atoms with Crippen molar-refractivity contribution in [2.24, 2.45) is 22.9 Å². The second kappa shape index (κ2) is 11.8. The summed E-state index contributed by atoms with van der Waals surface area (Å²) in [6.07, 6.45) is 12.4. The van der Waals surface area contributed by atoms with Crippen molar-refractivity contribution in [2.75, 3.05) is 39.3 Å². The molecule has 0 bridgehead atoms. The molecule has 10 heteroatoms. The van der Waals surface area contributed by atoms with E-state index in [0.717, 1.165) is 31.8 Å². The number of hydrazine groups is 2. The summed E-state index contributed by atoms with van der Waals surface area (Å²) in [7, 11) is -3.42. The third kappa shape index (κ3) is 7.60. The van der Waals surface area contributed by atoms with Crippen LogP contribution >= 0.6 is 0 Å². The molecule has 4 fully saturated rings. The van der Waals surface area contributed by atoms with Gasteiger partial charge in [-0.1, -0.05) is 19.3 Å². The van der Waals surface area contributed by atoms with Gasteiger partial charge in [-0.15, -0.1) is 0 Å². The van der Waals surface area contributed by atoms with Crippen LogP contribution in [0.15, 0.2) is 0 Å². The van der Waals surface area contributed by atoms with Crippen LogP contribution < -0.4 is 21.3 Å². The molecule has 2 saturated heterocycles. The number of hydrogen-bond donors (Lipinski definition) is 4. The van der Waals surface area contributed by atoms with Gasteiger partial charge in [0.1, 0.15) is 6.04 Å². The number of carbonyl (C=O) groups is 1. The lowest BCUT2D eigenvalue weighted by Crippen LogP contribution is -2.49. The Kier molecular flexibility index (Phi) is 9.03. The van der Waals surface area contributed by atoms with Crippen molar-refractivity contribution in [3.63, 3.8) is 0 Å². The number of nitrogens with one attached hydrogen (secondary N) is 3. The Morgan fingerprint density at radius 2 is 1.55 bits per heavy atom. The third-order valence-corrected chi connectivity index (χ3v) is 9.73. The molecular weight excluding hydrogens is 440 g/mol. The zero-order valence-electron chi connectivity index (χ0n) is 20.0. The van der Waals surface area contributed by atoms with Crippen molar-refractivity contribution in [3.05, 3.63) is 0 Å². The first-order valence-corrected chi connectivity index (χ1v) is 14.8. The van der Waals surface area contributed by atoms with Crippen LogP contribution in [0, 0.1) is 17.8 Å². The lowest BCUT2D eigenvalue weighted by Gasteiger charge is -2.35. The van der Waals surface area contributed by atoms with Gasteiger partial charge in [0.25, 0.3) is 0 Å². The topological polar surface area (TPSA) is 120 Å². The minimum Gasteiger partial charge on any atom is -0.354 e. The second-order valence-electron chi connectivity index (χ2n) is 10.9. The van der Waals surface area contributed by atoms with Crippen LogP contribution in [0.25, 0.3) is 0 Å². The smallest absolute Gasteiger partial charge is 0.239 e. The number of primary sulfonamides is 1. The van der Waals surface area contributed by atoms with E-state index in [0.29, 0.717) is 31.2 Å². The molecule has 0 spiro atoms. The molecule has 2 aliphatic heterocycles. The molecule has 0 aromatic heterocycles. The highest BCUT2D eigenvalue weighted by Gasteiger charge is 2.33. The van der Waals surface area contributed by atoms with Gasteiger partial charge >= 0.3 is 0 Å². The standard InChI is InChI=1S/C23H44N6O3S/c24-33(31,32)21-8-6-20(7-9-21)17-29-26-15-22(27-29)23(30)25-14-18-10-12-28(13-11-18)16-19-4-2-1-3-5-19/h18-22,26-27H,1-17H2,(H,25,30)(H2,24,31,32). The Hall–Kier alpha value is -0.780. The van der Waals surface area contributed by atoms with Crippen LogP contribution in [0.1, 0.15) is 70.6 Å². The predicted octanol–water partition coefficient (Wildman–Crippen LogP) is 0.936. The molecule has 1 unspecified atom stereocenters. The summed E-state index contributed by atoms with van der Waals surface area (Å²) in [5.74, 6) is 1.95. The number of nitrogens with zero attached hydrogens (tertiary/aromatic N) is 2. The van der Waals surface area contributed by atoms with Gasteiger partial charge in [-0.2, -0.15) is 5.12 Å². The first-order valence-electron chi connectivity index (χ1n) is 13.2. The van der Waals surface area contributed by atoms with E-state index in [9.17, 15) is 13.2 Å². The highest BCUT2D eigenvalue weighted by Crippen LogP contribution is 2.28. The van der Waals surface area contributed by atoms with E-state index in [1.54, 1.807) is 0 Å². The largest absolute Gasteiger partial charge is 0.354 e. The number of carbonyl (C=O) groups excluding carboxylic acids is 1. The van der Waals surface area contributed by atoms with Gasteiger partial charge in [-0.3, -0.25) is 4.79 Å². The first-order chi connectivity index (χ1) is 15.9. The van der Waals surface area contributed by atoms with Crippen LogP contribution in [-0.4, -0.2) is 74.9 Å². The van der Waals surface area contributed by atoms with E-state index in [2.05, 4.69) is 21.1 Å². The normalized spacial score (nSPS) is 31.6. The number of likely N-dealkylation sites (tertiary alicyclic amines) is 1. The van der Waals surface area contributed by atoms with Crippen molar-refractivity contribution in [2.45, 2.75) is 81.9 Å². The van der Waals surface area contributed by atoms with Gasteiger partial charge in [0, 0.05) is 26.2 Å². The first kappa shape index (κ1) is 25.3. The quantitative estimate of drug-likeness (QED) is 0.405. The number of piperidine rings is 1. The zero-order chi connectivity index (χ0) is 23.3. The summed E-state index contributed by atoms with van der Waals surface area (Å²) in [4.78, 5) is 15.3. The number of amides is 1. The second-order valence-corrected chi connectivity index (χ2v) is 12.7. The van der Waals surface area contributed by atoms with Gasteiger partial charge in [0.15, 0.2) is 0 Å². The molecule has 190 valence electrons. The van der Waals surface area contributed by atoms with Crippen molar-refractivity contribution in [1.82, 2.24) is 26.2 Å². The molecule has 1 atom stereocenters. The van der Waals surface area contributed by atoms with Crippen LogP contribution in [-0.2, 0) is 14.8 Å². The highest BCUT2D eigenvalue weighted by atomic mass is 32.2. The van der Waals surface area contributed by atoms with Crippen LogP contribution in [0.4, 0.5) is 0 Å². The number of nitrogens with two attached hydrogens (primary N) is 1. The fourth-order valence-corrected chi connectivity index (χ4v) is 7.06. The molecule has 0 aromatic rings. The Morgan fingerprint density at radius 3 is 2.21 bits per heavy atom. The summed E-state index contributed by atoms with van der Waals surface area (Å²) < 4.78 is 23.0. The molecule has 5 N–H and O–H groups in total. The summed E-state index contributed by atoms with van der Waals surface area (Å²) >= 11 is 0. The van der Waals surface area contributed by atoms with Gasteiger partial charge in [0.2, 0.25) is 15.9 Å². The fourth-order valence-electron chi connectivity index (χ4n) is 6.13. The Labute approximate surface area is 199 Å². The van der Waals surface area contributed by atoms with E-state index in [4.69, 9.17) is 5.14 Å². The summed E-state index contributed by atoms with van der Waals surface area (Å²) in [5.41, 5.74) is 6.55. The van der Waals surface area contributed by atoms with Crippen molar-refractivity contribution >= 4 is 15.9 Å². The Bertz CT molecular complexity index is 728. The zero-order valence-corrected chi connectivity index (χ0v) is 20.8. The maximum Gasteiger partial charge on any atom is 0.239 e. The molecule has 33 heavy (non-hydrogen) atoms. The van der Waals surface area contributed by atoms with Gasteiger partial charge in [-0.05, 0) is 82.2 Å². The van der Waals surface area contributed by atoms with Crippen molar-refractivity contribution in [3.8, 4) is 0 Å². The van der Waals surface area contributed by atoms with Crippen LogP contribution in [0.3, 0.4) is 0 Å². The monoisotopic (exact) mass is 484 g/mol. The van der Waals surface area contributed by atoms with Crippen molar-refractivity contribution < 1.29 is 13.2 Å².